The van der Waals surface area contributed by atoms with Gasteiger partial charge in [-0.05, 0) is 38.1 Å². The minimum absolute atomic E-state index is 0.625. The van der Waals surface area contributed by atoms with Crippen molar-refractivity contribution in [1.82, 2.24) is 0 Å². The first-order valence-electron chi connectivity index (χ1n) is 4.73. The minimum Gasteiger partial charge on any atom is -0.361 e. The van der Waals surface area contributed by atoms with E-state index in [1.54, 1.807) is 12.1 Å². The summed E-state index contributed by atoms with van der Waals surface area (Å²) in [7, 11) is 0. The van der Waals surface area contributed by atoms with E-state index < -0.39 is 0 Å². The molecule has 0 atom stereocenters. The highest BCUT2D eigenvalue weighted by Gasteiger charge is 2.09. The van der Waals surface area contributed by atoms with Gasteiger partial charge in [0.05, 0.1) is 12.0 Å². The first-order valence-corrected chi connectivity index (χ1v) is 5.11. The number of benzene rings is 1. The lowest BCUT2D eigenvalue weighted by atomic mass is 10.1. The maximum atomic E-state index is 8.89. The number of allylic oxidation sites excluding steroid dienone is 2. The van der Waals surface area contributed by atoms with Crippen LogP contribution in [0.2, 0.25) is 5.02 Å². The first kappa shape index (κ1) is 11.7. The van der Waals surface area contributed by atoms with Crippen molar-refractivity contribution in [3.63, 3.8) is 0 Å². The molecule has 0 aliphatic carbocycles. The smallest absolute Gasteiger partial charge is 0.302 e. The summed E-state index contributed by atoms with van der Waals surface area (Å²) in [6, 6.07) is 7.25. The molecule has 1 aromatic rings. The fourth-order valence-electron chi connectivity index (χ4n) is 1.16. The zero-order valence-electron chi connectivity index (χ0n) is 8.87. The van der Waals surface area contributed by atoms with Gasteiger partial charge in [-0.2, -0.15) is 4.79 Å². The molecule has 3 heteroatoms. The number of halogens is 1. The molecule has 0 aliphatic heterocycles. The minimum atomic E-state index is 0.625. The highest BCUT2D eigenvalue weighted by molar-refractivity contribution is 6.30. The van der Waals surface area contributed by atoms with E-state index in [9.17, 15) is 0 Å². The largest absolute Gasteiger partial charge is 0.361 e. The van der Waals surface area contributed by atoms with Gasteiger partial charge in [-0.3, -0.25) is 0 Å². The van der Waals surface area contributed by atoms with Crippen molar-refractivity contribution < 1.29 is 4.79 Å². The molecule has 2 nitrogen and oxygen atoms in total. The van der Waals surface area contributed by atoms with E-state index in [1.165, 1.54) is 5.57 Å². The van der Waals surface area contributed by atoms with Crippen molar-refractivity contribution >= 4 is 17.3 Å². The Bertz CT molecular complexity index is 408. The van der Waals surface area contributed by atoms with Crippen LogP contribution in [0.15, 0.2) is 35.9 Å². The highest BCUT2D eigenvalue weighted by atomic mass is 35.5. The Hall–Kier alpha value is -1.37. The lowest BCUT2D eigenvalue weighted by molar-refractivity contribution is -0.00598. The molecule has 0 saturated carbocycles. The second-order valence-electron chi connectivity index (χ2n) is 3.54. The summed E-state index contributed by atoms with van der Waals surface area (Å²) in [5.41, 5.74) is 11.6. The predicted molar refractivity (Wildman–Crippen MR) is 63.2 cm³/mol. The topological polar surface area (TPSA) is 36.4 Å². The van der Waals surface area contributed by atoms with Crippen molar-refractivity contribution in [2.45, 2.75) is 20.3 Å². The van der Waals surface area contributed by atoms with Crippen LogP contribution in [0.4, 0.5) is 0 Å². The van der Waals surface area contributed by atoms with Gasteiger partial charge in [-0.1, -0.05) is 23.3 Å². The van der Waals surface area contributed by atoms with Gasteiger partial charge in [0.15, 0.2) is 0 Å². The Morgan fingerprint density at radius 2 is 1.93 bits per heavy atom. The van der Waals surface area contributed by atoms with Crippen LogP contribution in [0.5, 0.6) is 0 Å². The molecule has 0 heterocycles. The average molecular weight is 221 g/mol. The quantitative estimate of drug-likeness (QED) is 0.322. The van der Waals surface area contributed by atoms with Crippen LogP contribution in [-0.2, 0) is 0 Å². The Kier molecular flexibility index (Phi) is 4.29. The monoisotopic (exact) mass is 220 g/mol. The summed E-state index contributed by atoms with van der Waals surface area (Å²) in [5, 5.41) is 0.679. The zero-order chi connectivity index (χ0) is 11.3. The van der Waals surface area contributed by atoms with E-state index >= 15 is 0 Å². The van der Waals surface area contributed by atoms with E-state index in [4.69, 9.17) is 17.1 Å². The van der Waals surface area contributed by atoms with E-state index in [2.05, 4.69) is 4.79 Å². The number of nitrogens with zero attached hydrogens (tertiary/aromatic N) is 2. The van der Waals surface area contributed by atoms with Crippen LogP contribution in [0.1, 0.15) is 25.8 Å². The maximum Gasteiger partial charge on any atom is 0.302 e. The average Bonchev–Trinajstić information content (AvgIpc) is 2.21. The molecular formula is C12H13ClN2. The fourth-order valence-corrected chi connectivity index (χ4v) is 1.29. The summed E-state index contributed by atoms with van der Waals surface area (Å²) in [5.74, 6) is 0. The number of hydrogen-bond donors (Lipinski definition) is 0. The normalized spacial score (nSPS) is 9.27. The summed E-state index contributed by atoms with van der Waals surface area (Å²) in [6.45, 7) is 4.02. The Morgan fingerprint density at radius 3 is 2.40 bits per heavy atom. The first-order chi connectivity index (χ1) is 7.13. The summed E-state index contributed by atoms with van der Waals surface area (Å²) in [4.78, 5) is 3.29. The molecule has 1 aromatic carbocycles. The summed E-state index contributed by atoms with van der Waals surface area (Å²) in [6.07, 6.45) is 2.64. The molecule has 0 spiro atoms. The standard InChI is InChI=1S/C12H13ClN2/c1-9(2)3-8-12(15-14)10-4-6-11(13)7-5-10/h3-7H,8H2,1-2H3. The second kappa shape index (κ2) is 5.50. The molecule has 0 aliphatic rings. The SMILES string of the molecule is CC(C)=CCC(=[N+]=[N-])c1ccc(Cl)cc1. The lowest BCUT2D eigenvalue weighted by Crippen LogP contribution is -2.00. The number of hydrogen-bond acceptors (Lipinski definition) is 0. The van der Waals surface area contributed by atoms with Crippen LogP contribution in [0.25, 0.3) is 5.53 Å². The van der Waals surface area contributed by atoms with Crippen LogP contribution in [0, 0.1) is 0 Å². The van der Waals surface area contributed by atoms with Gasteiger partial charge in [0.25, 0.3) is 0 Å². The van der Waals surface area contributed by atoms with Crippen molar-refractivity contribution in [3.8, 4) is 0 Å². The van der Waals surface area contributed by atoms with Gasteiger partial charge in [0.1, 0.15) is 0 Å². The molecule has 0 saturated heterocycles. The Balaban J connectivity index is 2.90. The van der Waals surface area contributed by atoms with E-state index in [0.29, 0.717) is 17.2 Å². The third-order valence-electron chi connectivity index (χ3n) is 2.00. The fraction of sp³-hybridized carbons (Fsp3) is 0.250. The molecule has 0 bridgehead atoms. The van der Waals surface area contributed by atoms with E-state index in [0.717, 1.165) is 5.56 Å². The number of rotatable bonds is 3. The van der Waals surface area contributed by atoms with Crippen molar-refractivity contribution in [3.05, 3.63) is 52.0 Å². The predicted octanol–water partition coefficient (Wildman–Crippen LogP) is 3.72. The maximum absolute atomic E-state index is 8.89. The summed E-state index contributed by atoms with van der Waals surface area (Å²) >= 11 is 5.77. The highest BCUT2D eigenvalue weighted by Crippen LogP contribution is 2.11. The van der Waals surface area contributed by atoms with Gasteiger partial charge >= 0.3 is 5.71 Å². The van der Waals surface area contributed by atoms with Crippen LogP contribution in [0.3, 0.4) is 0 Å². The van der Waals surface area contributed by atoms with Crippen LogP contribution < -0.4 is 0 Å². The van der Waals surface area contributed by atoms with E-state index in [1.807, 2.05) is 32.1 Å². The van der Waals surface area contributed by atoms with Gasteiger partial charge in [0.2, 0.25) is 0 Å². The van der Waals surface area contributed by atoms with Crippen LogP contribution >= 0.6 is 11.6 Å². The molecular weight excluding hydrogens is 208 g/mol. The second-order valence-corrected chi connectivity index (χ2v) is 3.98. The summed E-state index contributed by atoms with van der Waals surface area (Å²) < 4.78 is 0. The zero-order valence-corrected chi connectivity index (χ0v) is 9.62. The molecule has 0 aromatic heterocycles. The molecule has 0 unspecified atom stereocenters. The third kappa shape index (κ3) is 3.70. The van der Waals surface area contributed by atoms with Crippen LogP contribution in [-0.4, -0.2) is 10.5 Å². The molecule has 0 radical (unpaired) electrons. The lowest BCUT2D eigenvalue weighted by Gasteiger charge is -1.95. The molecule has 0 amide bonds. The molecule has 0 N–H and O–H groups in total. The van der Waals surface area contributed by atoms with Crippen molar-refractivity contribution in [2.75, 3.05) is 0 Å². The van der Waals surface area contributed by atoms with Crippen molar-refractivity contribution in [2.24, 2.45) is 0 Å². The van der Waals surface area contributed by atoms with Gasteiger partial charge < -0.3 is 5.53 Å². The van der Waals surface area contributed by atoms with Gasteiger partial charge in [-0.15, -0.1) is 0 Å². The Labute approximate surface area is 94.8 Å². The van der Waals surface area contributed by atoms with Crippen molar-refractivity contribution in [1.29, 1.82) is 0 Å². The van der Waals surface area contributed by atoms with Gasteiger partial charge in [0, 0.05) is 5.02 Å². The molecule has 78 valence electrons. The molecule has 15 heavy (non-hydrogen) atoms. The Morgan fingerprint density at radius 1 is 1.33 bits per heavy atom. The third-order valence-corrected chi connectivity index (χ3v) is 2.25. The molecule has 0 fully saturated rings. The van der Waals surface area contributed by atoms with Gasteiger partial charge in [-0.25, -0.2) is 0 Å². The van der Waals surface area contributed by atoms with E-state index in [-0.39, 0.29) is 0 Å². The molecule has 1 rings (SSSR count).